The van der Waals surface area contributed by atoms with Gasteiger partial charge in [0.05, 0.1) is 5.69 Å². The van der Waals surface area contributed by atoms with Gasteiger partial charge in [0.15, 0.2) is 0 Å². The average Bonchev–Trinajstić information content (AvgIpc) is 3.12. The number of fused-ring (bicyclic) bond motifs is 1. The van der Waals surface area contributed by atoms with Crippen LogP contribution in [-0.2, 0) is 6.54 Å². The van der Waals surface area contributed by atoms with E-state index in [1.165, 1.54) is 5.56 Å². The summed E-state index contributed by atoms with van der Waals surface area (Å²) in [6, 6.07) is 13.0. The van der Waals surface area contributed by atoms with Crippen molar-refractivity contribution >= 4 is 22.9 Å². The van der Waals surface area contributed by atoms with Crippen molar-refractivity contribution in [2.24, 2.45) is 4.99 Å². The van der Waals surface area contributed by atoms with Gasteiger partial charge in [-0.05, 0) is 44.2 Å². The molecule has 26 heavy (non-hydrogen) atoms. The number of aromatic hydroxyl groups is 1. The zero-order valence-electron chi connectivity index (χ0n) is 15.1. The van der Waals surface area contributed by atoms with E-state index in [1.54, 1.807) is 18.2 Å². The summed E-state index contributed by atoms with van der Waals surface area (Å²) in [4.78, 5) is 4.57. The second kappa shape index (κ2) is 9.29. The number of nitrogens with one attached hydrogen (secondary N) is 4. The predicted molar refractivity (Wildman–Crippen MR) is 110 cm³/mol. The zero-order chi connectivity index (χ0) is 18.9. The summed E-state index contributed by atoms with van der Waals surface area (Å²) >= 11 is 0. The number of allylic oxidation sites excluding steroid dienone is 1. The van der Waals surface area contributed by atoms with Gasteiger partial charge in [-0.15, -0.1) is 13.2 Å². The molecule has 2 aromatic carbocycles. The van der Waals surface area contributed by atoms with Gasteiger partial charge in [0.25, 0.3) is 0 Å². The molecule has 0 bridgehead atoms. The third-order valence-corrected chi connectivity index (χ3v) is 3.66. The highest BCUT2D eigenvalue weighted by molar-refractivity contribution is 5.94. The van der Waals surface area contributed by atoms with E-state index in [9.17, 15) is 5.11 Å². The zero-order valence-corrected chi connectivity index (χ0v) is 15.1. The van der Waals surface area contributed by atoms with Gasteiger partial charge in [-0.25, -0.2) is 10.4 Å². The Balaban J connectivity index is 0.00000117. The van der Waals surface area contributed by atoms with Crippen LogP contribution in [0.5, 0.6) is 5.75 Å². The van der Waals surface area contributed by atoms with Crippen LogP contribution in [0.3, 0.4) is 0 Å². The fourth-order valence-corrected chi connectivity index (χ4v) is 2.54. The van der Waals surface area contributed by atoms with E-state index in [-0.39, 0.29) is 5.75 Å². The first kappa shape index (κ1) is 19.1. The van der Waals surface area contributed by atoms with Gasteiger partial charge in [-0.3, -0.25) is 0 Å². The number of rotatable bonds is 4. The average molecular weight is 351 g/mol. The maximum absolute atomic E-state index is 9.52. The first-order valence-electron chi connectivity index (χ1n) is 8.31. The molecule has 0 unspecified atom stereocenters. The fourth-order valence-electron chi connectivity index (χ4n) is 2.54. The standard InChI is InChI=1S/C18H21N5O.C2H4/c1-3-18(21-12(2)20-13-6-4-7-14(24)10-13)22-16-8-5-9-17-15(16)11-19-23-17;1-2/h3-10,19,22-24H,11H2,1-2H3,(H,20,21);1-2H2/b18-3+;. The van der Waals surface area contributed by atoms with Crippen molar-refractivity contribution in [1.82, 2.24) is 5.43 Å². The molecular formula is C20H25N5O. The molecular weight excluding hydrogens is 326 g/mol. The molecule has 1 aliphatic rings. The van der Waals surface area contributed by atoms with Crippen molar-refractivity contribution in [3.8, 4) is 5.75 Å². The Morgan fingerprint density at radius 1 is 1.19 bits per heavy atom. The van der Waals surface area contributed by atoms with Crippen molar-refractivity contribution < 1.29 is 5.11 Å². The lowest BCUT2D eigenvalue weighted by atomic mass is 10.1. The maximum Gasteiger partial charge on any atom is 0.128 e. The molecule has 3 rings (SSSR count). The molecule has 2 aromatic rings. The molecule has 1 aliphatic heterocycles. The highest BCUT2D eigenvalue weighted by Crippen LogP contribution is 2.28. The Hall–Kier alpha value is -3.25. The molecule has 0 saturated heterocycles. The maximum atomic E-state index is 9.52. The van der Waals surface area contributed by atoms with Crippen LogP contribution in [0.25, 0.3) is 0 Å². The van der Waals surface area contributed by atoms with Crippen molar-refractivity contribution in [2.75, 3.05) is 16.1 Å². The van der Waals surface area contributed by atoms with Gasteiger partial charge >= 0.3 is 0 Å². The van der Waals surface area contributed by atoms with Crippen LogP contribution in [0, 0.1) is 0 Å². The monoisotopic (exact) mass is 351 g/mol. The van der Waals surface area contributed by atoms with Gasteiger partial charge in [0.1, 0.15) is 17.4 Å². The Kier molecular flexibility index (Phi) is 6.82. The summed E-state index contributed by atoms with van der Waals surface area (Å²) in [7, 11) is 0. The van der Waals surface area contributed by atoms with Crippen LogP contribution >= 0.6 is 0 Å². The number of nitrogens with zero attached hydrogens (tertiary/aromatic N) is 1. The number of amidine groups is 1. The van der Waals surface area contributed by atoms with Gasteiger partial charge in [0.2, 0.25) is 0 Å². The SMILES string of the molecule is C/C=C(\N=C(/C)Nc1cccc(O)c1)Nc1cccc2c1CNN2.C=C. The van der Waals surface area contributed by atoms with E-state index >= 15 is 0 Å². The fraction of sp³-hybridized carbons (Fsp3) is 0.150. The number of hydrogen-bond acceptors (Lipinski definition) is 5. The second-order valence-corrected chi connectivity index (χ2v) is 5.48. The highest BCUT2D eigenvalue weighted by atomic mass is 16.3. The van der Waals surface area contributed by atoms with E-state index in [0.29, 0.717) is 0 Å². The van der Waals surface area contributed by atoms with E-state index in [2.05, 4.69) is 39.6 Å². The number of phenolic OH excluding ortho intramolecular Hbond substituents is 1. The predicted octanol–water partition coefficient (Wildman–Crippen LogP) is 4.43. The Labute approximate surface area is 154 Å². The molecule has 0 amide bonds. The quantitative estimate of drug-likeness (QED) is 0.320. The number of aliphatic imine (C=N–C) groups is 1. The molecule has 0 saturated carbocycles. The summed E-state index contributed by atoms with van der Waals surface area (Å²) in [6.45, 7) is 10.6. The Morgan fingerprint density at radius 2 is 1.96 bits per heavy atom. The van der Waals surface area contributed by atoms with E-state index in [0.717, 1.165) is 35.3 Å². The summed E-state index contributed by atoms with van der Waals surface area (Å²) in [5, 5.41) is 16.1. The van der Waals surface area contributed by atoms with Crippen LogP contribution in [0.1, 0.15) is 19.4 Å². The lowest BCUT2D eigenvalue weighted by molar-refractivity contribution is 0.475. The van der Waals surface area contributed by atoms with Crippen molar-refractivity contribution in [2.45, 2.75) is 20.4 Å². The summed E-state index contributed by atoms with van der Waals surface area (Å²) in [6.07, 6.45) is 1.92. The largest absolute Gasteiger partial charge is 0.508 e. The molecule has 0 fully saturated rings. The number of hydrogen-bond donors (Lipinski definition) is 5. The molecule has 5 N–H and O–H groups in total. The third-order valence-electron chi connectivity index (χ3n) is 3.66. The van der Waals surface area contributed by atoms with Crippen molar-refractivity contribution in [1.29, 1.82) is 0 Å². The topological polar surface area (TPSA) is 80.7 Å². The van der Waals surface area contributed by atoms with Crippen LogP contribution in [0.4, 0.5) is 17.1 Å². The molecule has 0 aliphatic carbocycles. The summed E-state index contributed by atoms with van der Waals surface area (Å²) in [5.41, 5.74) is 10.3. The van der Waals surface area contributed by atoms with Crippen LogP contribution in [0.2, 0.25) is 0 Å². The smallest absolute Gasteiger partial charge is 0.128 e. The molecule has 6 nitrogen and oxygen atoms in total. The third kappa shape index (κ3) is 4.87. The minimum atomic E-state index is 0.219. The first-order chi connectivity index (χ1) is 12.7. The molecule has 0 aromatic heterocycles. The van der Waals surface area contributed by atoms with E-state index < -0.39 is 0 Å². The van der Waals surface area contributed by atoms with Crippen LogP contribution < -0.4 is 21.5 Å². The van der Waals surface area contributed by atoms with Gasteiger partial charge in [-0.1, -0.05) is 12.1 Å². The van der Waals surface area contributed by atoms with Gasteiger partial charge in [-0.2, -0.15) is 0 Å². The van der Waals surface area contributed by atoms with Gasteiger partial charge in [0, 0.05) is 29.5 Å². The Morgan fingerprint density at radius 3 is 2.69 bits per heavy atom. The number of anilines is 3. The summed E-state index contributed by atoms with van der Waals surface area (Å²) < 4.78 is 0. The lowest BCUT2D eigenvalue weighted by Crippen LogP contribution is -2.11. The number of hydrazine groups is 1. The van der Waals surface area contributed by atoms with Gasteiger partial charge < -0.3 is 21.2 Å². The van der Waals surface area contributed by atoms with Crippen molar-refractivity contribution in [3.63, 3.8) is 0 Å². The number of phenols is 1. The first-order valence-corrected chi connectivity index (χ1v) is 8.31. The molecule has 1 heterocycles. The van der Waals surface area contributed by atoms with Crippen LogP contribution in [0.15, 0.2) is 72.5 Å². The molecule has 0 atom stereocenters. The minimum Gasteiger partial charge on any atom is -0.508 e. The van der Waals surface area contributed by atoms with E-state index in [1.807, 2.05) is 44.2 Å². The highest BCUT2D eigenvalue weighted by Gasteiger charge is 2.13. The van der Waals surface area contributed by atoms with Crippen LogP contribution in [-0.4, -0.2) is 10.9 Å². The minimum absolute atomic E-state index is 0.219. The lowest BCUT2D eigenvalue weighted by Gasteiger charge is -2.12. The molecule has 6 heteroatoms. The number of benzene rings is 2. The molecule has 0 radical (unpaired) electrons. The molecule has 0 spiro atoms. The van der Waals surface area contributed by atoms with E-state index in [4.69, 9.17) is 0 Å². The normalized spacial score (nSPS) is 13.2. The van der Waals surface area contributed by atoms with Crippen molar-refractivity contribution in [3.05, 3.63) is 73.1 Å². The summed E-state index contributed by atoms with van der Waals surface area (Å²) in [5.74, 6) is 1.70. The Bertz CT molecular complexity index is 814. The molecule has 136 valence electrons. The second-order valence-electron chi connectivity index (χ2n) is 5.48.